The average molecular weight is 409 g/mol. The van der Waals surface area contributed by atoms with Gasteiger partial charge in [-0.1, -0.05) is 35.9 Å². The lowest BCUT2D eigenvalue weighted by molar-refractivity contribution is -0.128. The summed E-state index contributed by atoms with van der Waals surface area (Å²) in [6.07, 6.45) is 0. The molecule has 0 aliphatic carbocycles. The van der Waals surface area contributed by atoms with Crippen LogP contribution < -0.4 is 0 Å². The highest BCUT2D eigenvalue weighted by molar-refractivity contribution is 8.00. The van der Waals surface area contributed by atoms with Crippen molar-refractivity contribution in [2.24, 2.45) is 0 Å². The van der Waals surface area contributed by atoms with Gasteiger partial charge in [0.2, 0.25) is 5.91 Å². The van der Waals surface area contributed by atoms with Gasteiger partial charge in [-0.25, -0.2) is 0 Å². The van der Waals surface area contributed by atoms with Gasteiger partial charge in [-0.3, -0.25) is 9.59 Å². The SMILES string of the molecule is CC(C)N(CCN1C(=O)CSC1c1ccccc1Cl)C(=O)c1cccs1. The molecule has 138 valence electrons. The lowest BCUT2D eigenvalue weighted by Gasteiger charge is -2.31. The molecule has 1 fully saturated rings. The third kappa shape index (κ3) is 4.08. The third-order valence-corrected chi connectivity index (χ3v) is 6.78. The van der Waals surface area contributed by atoms with E-state index in [2.05, 4.69) is 0 Å². The molecule has 4 nitrogen and oxygen atoms in total. The highest BCUT2D eigenvalue weighted by Gasteiger charge is 2.34. The van der Waals surface area contributed by atoms with Crippen LogP contribution in [0.4, 0.5) is 0 Å². The van der Waals surface area contributed by atoms with E-state index in [9.17, 15) is 9.59 Å². The van der Waals surface area contributed by atoms with E-state index in [1.165, 1.54) is 11.3 Å². The third-order valence-electron chi connectivity index (χ3n) is 4.34. The van der Waals surface area contributed by atoms with Crippen LogP contribution in [-0.4, -0.2) is 46.5 Å². The number of benzene rings is 1. The summed E-state index contributed by atoms with van der Waals surface area (Å²) >= 11 is 9.36. The largest absolute Gasteiger partial charge is 0.334 e. The van der Waals surface area contributed by atoms with E-state index in [-0.39, 0.29) is 23.2 Å². The molecule has 0 bridgehead atoms. The van der Waals surface area contributed by atoms with Crippen molar-refractivity contribution < 1.29 is 9.59 Å². The van der Waals surface area contributed by atoms with Gasteiger partial charge < -0.3 is 9.80 Å². The predicted octanol–water partition coefficient (Wildman–Crippen LogP) is 4.53. The van der Waals surface area contributed by atoms with Crippen molar-refractivity contribution in [3.63, 3.8) is 0 Å². The zero-order valence-electron chi connectivity index (χ0n) is 14.7. The van der Waals surface area contributed by atoms with Gasteiger partial charge in [0.1, 0.15) is 5.37 Å². The van der Waals surface area contributed by atoms with E-state index in [0.717, 1.165) is 10.4 Å². The van der Waals surface area contributed by atoms with Crippen LogP contribution in [-0.2, 0) is 4.79 Å². The molecule has 1 aromatic carbocycles. The van der Waals surface area contributed by atoms with Crippen LogP contribution in [0.2, 0.25) is 5.02 Å². The quantitative estimate of drug-likeness (QED) is 0.705. The van der Waals surface area contributed by atoms with E-state index in [4.69, 9.17) is 11.6 Å². The van der Waals surface area contributed by atoms with Crippen molar-refractivity contribution in [2.75, 3.05) is 18.8 Å². The van der Waals surface area contributed by atoms with Crippen LogP contribution in [0.3, 0.4) is 0 Å². The van der Waals surface area contributed by atoms with E-state index >= 15 is 0 Å². The van der Waals surface area contributed by atoms with Gasteiger partial charge in [-0.15, -0.1) is 23.1 Å². The topological polar surface area (TPSA) is 40.6 Å². The van der Waals surface area contributed by atoms with Crippen molar-refractivity contribution in [1.29, 1.82) is 0 Å². The molecule has 3 rings (SSSR count). The first kappa shape index (κ1) is 19.3. The van der Waals surface area contributed by atoms with Crippen LogP contribution in [0.5, 0.6) is 0 Å². The summed E-state index contributed by atoms with van der Waals surface area (Å²) in [5, 5.41) is 2.47. The Labute approximate surface area is 167 Å². The molecule has 0 saturated carbocycles. The monoisotopic (exact) mass is 408 g/mol. The van der Waals surface area contributed by atoms with E-state index in [1.54, 1.807) is 11.8 Å². The lowest BCUT2D eigenvalue weighted by atomic mass is 10.2. The standard InChI is InChI=1S/C19H21ClN2O2S2/c1-13(2)21(18(24)16-8-5-11-25-16)9-10-22-17(23)12-26-19(22)14-6-3-4-7-15(14)20/h3-8,11,13,19H,9-10,12H2,1-2H3. The Morgan fingerprint density at radius 3 is 2.73 bits per heavy atom. The van der Waals surface area contributed by atoms with Crippen molar-refractivity contribution >= 4 is 46.5 Å². The lowest BCUT2D eigenvalue weighted by Crippen LogP contribution is -2.43. The highest BCUT2D eigenvalue weighted by atomic mass is 35.5. The average Bonchev–Trinajstić information content (AvgIpc) is 3.26. The van der Waals surface area contributed by atoms with Crippen molar-refractivity contribution in [2.45, 2.75) is 25.3 Å². The summed E-state index contributed by atoms with van der Waals surface area (Å²) in [4.78, 5) is 29.5. The second kappa shape index (κ2) is 8.46. The number of thioether (sulfide) groups is 1. The number of rotatable bonds is 6. The van der Waals surface area contributed by atoms with Crippen LogP contribution in [0.15, 0.2) is 41.8 Å². The molecule has 26 heavy (non-hydrogen) atoms. The fourth-order valence-electron chi connectivity index (χ4n) is 2.98. The maximum Gasteiger partial charge on any atom is 0.264 e. The highest BCUT2D eigenvalue weighted by Crippen LogP contribution is 2.41. The molecule has 1 aliphatic rings. The number of nitrogens with zero attached hydrogens (tertiary/aromatic N) is 2. The van der Waals surface area contributed by atoms with Gasteiger partial charge in [0.15, 0.2) is 0 Å². The van der Waals surface area contributed by atoms with Gasteiger partial charge >= 0.3 is 0 Å². The minimum absolute atomic E-state index is 0.0172. The summed E-state index contributed by atoms with van der Waals surface area (Å²) in [5.41, 5.74) is 0.950. The van der Waals surface area contributed by atoms with Gasteiger partial charge in [-0.05, 0) is 31.4 Å². The van der Waals surface area contributed by atoms with Gasteiger partial charge in [0.25, 0.3) is 5.91 Å². The first-order chi connectivity index (χ1) is 12.5. The summed E-state index contributed by atoms with van der Waals surface area (Å²) in [5.74, 6) is 0.548. The Morgan fingerprint density at radius 1 is 1.31 bits per heavy atom. The predicted molar refractivity (Wildman–Crippen MR) is 109 cm³/mol. The first-order valence-electron chi connectivity index (χ1n) is 8.49. The zero-order valence-corrected chi connectivity index (χ0v) is 17.1. The van der Waals surface area contributed by atoms with E-state index in [0.29, 0.717) is 23.9 Å². The molecule has 2 amide bonds. The molecule has 1 unspecified atom stereocenters. The molecule has 1 atom stereocenters. The number of carbonyl (C=O) groups is 2. The van der Waals surface area contributed by atoms with Gasteiger partial charge in [0, 0.05) is 29.7 Å². The number of carbonyl (C=O) groups excluding carboxylic acids is 2. The van der Waals surface area contributed by atoms with Crippen LogP contribution in [0.1, 0.15) is 34.5 Å². The summed E-state index contributed by atoms with van der Waals surface area (Å²) < 4.78 is 0. The van der Waals surface area contributed by atoms with E-state index < -0.39 is 0 Å². The molecule has 0 radical (unpaired) electrons. The van der Waals surface area contributed by atoms with Crippen LogP contribution in [0.25, 0.3) is 0 Å². The Hall–Kier alpha value is -1.50. The number of halogens is 1. The van der Waals surface area contributed by atoms with Crippen LogP contribution in [0, 0.1) is 0 Å². The minimum atomic E-state index is -0.0953. The molecule has 7 heteroatoms. The first-order valence-corrected chi connectivity index (χ1v) is 10.8. The summed E-state index contributed by atoms with van der Waals surface area (Å²) in [6, 6.07) is 11.4. The maximum atomic E-state index is 12.7. The Kier molecular flexibility index (Phi) is 6.27. The number of hydrogen-bond donors (Lipinski definition) is 0. The number of amides is 2. The number of hydrogen-bond acceptors (Lipinski definition) is 4. The van der Waals surface area contributed by atoms with Crippen molar-refractivity contribution in [3.05, 3.63) is 57.2 Å². The van der Waals surface area contributed by atoms with Crippen LogP contribution >= 0.6 is 34.7 Å². The van der Waals surface area contributed by atoms with Gasteiger partial charge in [0.05, 0.1) is 10.6 Å². The Bertz CT molecular complexity index is 780. The van der Waals surface area contributed by atoms with E-state index in [1.807, 2.05) is 65.4 Å². The summed E-state index contributed by atoms with van der Waals surface area (Å²) in [6.45, 7) is 4.99. The molecule has 1 aliphatic heterocycles. The molecule has 0 N–H and O–H groups in total. The van der Waals surface area contributed by atoms with Crippen molar-refractivity contribution in [3.8, 4) is 0 Å². The minimum Gasteiger partial charge on any atom is -0.334 e. The fourth-order valence-corrected chi connectivity index (χ4v) is 5.22. The normalized spacial score (nSPS) is 17.2. The fraction of sp³-hybridized carbons (Fsp3) is 0.368. The molecule has 2 aromatic rings. The van der Waals surface area contributed by atoms with Crippen molar-refractivity contribution in [1.82, 2.24) is 9.80 Å². The molecular weight excluding hydrogens is 388 g/mol. The zero-order chi connectivity index (χ0) is 18.7. The molecule has 1 saturated heterocycles. The Morgan fingerprint density at radius 2 is 2.08 bits per heavy atom. The van der Waals surface area contributed by atoms with Gasteiger partial charge in [-0.2, -0.15) is 0 Å². The summed E-state index contributed by atoms with van der Waals surface area (Å²) in [7, 11) is 0. The molecule has 2 heterocycles. The molecular formula is C19H21ClN2O2S2. The second-order valence-corrected chi connectivity index (χ2v) is 8.77. The maximum absolute atomic E-state index is 12.7. The second-order valence-electron chi connectivity index (χ2n) is 6.34. The molecule has 1 aromatic heterocycles. The Balaban J connectivity index is 1.74. The smallest absolute Gasteiger partial charge is 0.264 e. The molecule has 0 spiro atoms. The number of thiophene rings is 1.